The molecule has 2 aliphatic heterocycles. The molecule has 8 nitrogen and oxygen atoms in total. The number of anilines is 2. The summed E-state index contributed by atoms with van der Waals surface area (Å²) >= 11 is 1.63. The first-order valence-corrected chi connectivity index (χ1v) is 12.2. The molecule has 9 heteroatoms. The van der Waals surface area contributed by atoms with Gasteiger partial charge in [0.15, 0.2) is 0 Å². The molecule has 0 bridgehead atoms. The van der Waals surface area contributed by atoms with Crippen LogP contribution in [0, 0.1) is 6.92 Å². The van der Waals surface area contributed by atoms with Gasteiger partial charge in [0.2, 0.25) is 5.95 Å². The molecule has 0 spiro atoms. The summed E-state index contributed by atoms with van der Waals surface area (Å²) in [4.78, 5) is 30.3. The van der Waals surface area contributed by atoms with Crippen molar-refractivity contribution in [3.63, 3.8) is 0 Å². The highest BCUT2D eigenvalue weighted by Crippen LogP contribution is 2.25. The molecule has 0 unspecified atom stereocenters. The maximum Gasteiger partial charge on any atom is 0.272 e. The summed E-state index contributed by atoms with van der Waals surface area (Å²) in [6.45, 7) is 6.91. The fourth-order valence-corrected chi connectivity index (χ4v) is 5.13. The summed E-state index contributed by atoms with van der Waals surface area (Å²) in [6.07, 6.45) is 3.75. The van der Waals surface area contributed by atoms with Gasteiger partial charge in [-0.1, -0.05) is 6.07 Å². The van der Waals surface area contributed by atoms with Gasteiger partial charge in [0.05, 0.1) is 4.88 Å². The van der Waals surface area contributed by atoms with Crippen molar-refractivity contribution in [2.45, 2.75) is 26.2 Å². The van der Waals surface area contributed by atoms with E-state index in [-0.39, 0.29) is 5.91 Å². The predicted molar refractivity (Wildman–Crippen MR) is 127 cm³/mol. The topological polar surface area (TPSA) is 70.4 Å². The van der Waals surface area contributed by atoms with Gasteiger partial charge in [-0.15, -0.1) is 11.3 Å². The van der Waals surface area contributed by atoms with Crippen molar-refractivity contribution in [1.82, 2.24) is 24.6 Å². The van der Waals surface area contributed by atoms with Crippen LogP contribution < -0.4 is 9.80 Å². The minimum atomic E-state index is 0.0293. The summed E-state index contributed by atoms with van der Waals surface area (Å²) in [5.74, 6) is 1.83. The molecule has 0 N–H and O–H groups in total. The number of aromatic nitrogens is 4. The molecule has 0 saturated carbocycles. The van der Waals surface area contributed by atoms with Crippen LogP contribution in [0.4, 0.5) is 11.8 Å². The zero-order valence-corrected chi connectivity index (χ0v) is 19.5. The Morgan fingerprint density at radius 1 is 0.969 bits per heavy atom. The lowest BCUT2D eigenvalue weighted by molar-refractivity contribution is 0.0735. The van der Waals surface area contributed by atoms with Gasteiger partial charge in [0.1, 0.15) is 17.2 Å². The average molecular weight is 452 g/mol. The first-order chi connectivity index (χ1) is 15.6. The van der Waals surface area contributed by atoms with E-state index in [1.165, 1.54) is 19.3 Å². The molecule has 2 aliphatic rings. The van der Waals surface area contributed by atoms with E-state index in [4.69, 9.17) is 9.97 Å². The molecule has 5 rings (SSSR count). The SMILES string of the molecule is Cc1cc(N2CCCCC2)nc(N2CCN(C(=O)c3cc(-c4cccs4)nn3C)CC2)n1. The van der Waals surface area contributed by atoms with Gasteiger partial charge in [-0.25, -0.2) is 4.98 Å². The number of carbonyl (C=O) groups is 1. The molecule has 2 saturated heterocycles. The number of carbonyl (C=O) groups excluding carboxylic acids is 1. The normalized spacial score (nSPS) is 17.1. The Bertz CT molecular complexity index is 1080. The minimum absolute atomic E-state index is 0.0293. The van der Waals surface area contributed by atoms with Crippen LogP contribution in [0.3, 0.4) is 0 Å². The van der Waals surface area contributed by atoms with Crippen molar-refractivity contribution in [3.05, 3.63) is 41.0 Å². The van der Waals surface area contributed by atoms with E-state index < -0.39 is 0 Å². The first kappa shape index (κ1) is 20.9. The van der Waals surface area contributed by atoms with Gasteiger partial charge >= 0.3 is 0 Å². The van der Waals surface area contributed by atoms with Gasteiger partial charge in [-0.3, -0.25) is 9.48 Å². The van der Waals surface area contributed by atoms with E-state index in [1.807, 2.05) is 42.5 Å². The zero-order valence-electron chi connectivity index (χ0n) is 18.7. The fraction of sp³-hybridized carbons (Fsp3) is 0.478. The molecule has 32 heavy (non-hydrogen) atoms. The average Bonchev–Trinajstić information content (AvgIpc) is 3.49. The minimum Gasteiger partial charge on any atom is -0.356 e. The fourth-order valence-electron chi connectivity index (χ4n) is 4.45. The third kappa shape index (κ3) is 4.21. The number of hydrogen-bond donors (Lipinski definition) is 0. The van der Waals surface area contributed by atoms with E-state index in [0.717, 1.165) is 54.2 Å². The van der Waals surface area contributed by atoms with Gasteiger partial charge in [-0.2, -0.15) is 10.1 Å². The Labute approximate surface area is 192 Å². The Kier molecular flexibility index (Phi) is 5.82. The smallest absolute Gasteiger partial charge is 0.272 e. The molecule has 0 atom stereocenters. The van der Waals surface area contributed by atoms with Gasteiger partial charge in [-0.05, 0) is 43.7 Å². The van der Waals surface area contributed by atoms with Crippen molar-refractivity contribution < 1.29 is 4.79 Å². The van der Waals surface area contributed by atoms with Gasteiger partial charge in [0, 0.05) is 58.1 Å². The monoisotopic (exact) mass is 451 g/mol. The van der Waals surface area contributed by atoms with Crippen LogP contribution >= 0.6 is 11.3 Å². The van der Waals surface area contributed by atoms with Crippen molar-refractivity contribution in [2.24, 2.45) is 7.05 Å². The molecular formula is C23H29N7OS. The molecule has 1 amide bonds. The molecular weight excluding hydrogens is 422 g/mol. The third-order valence-corrected chi connectivity index (χ3v) is 7.12. The molecule has 3 aromatic heterocycles. The maximum absolute atomic E-state index is 13.2. The number of piperidine rings is 1. The number of rotatable bonds is 4. The summed E-state index contributed by atoms with van der Waals surface area (Å²) in [7, 11) is 1.84. The quantitative estimate of drug-likeness (QED) is 0.607. The maximum atomic E-state index is 13.2. The van der Waals surface area contributed by atoms with Crippen LogP contribution in [-0.2, 0) is 7.05 Å². The number of piperazine rings is 1. The van der Waals surface area contributed by atoms with Gasteiger partial charge < -0.3 is 14.7 Å². The number of hydrogen-bond acceptors (Lipinski definition) is 7. The number of thiophene rings is 1. The van der Waals surface area contributed by atoms with Crippen molar-refractivity contribution in [1.29, 1.82) is 0 Å². The molecule has 3 aromatic rings. The highest BCUT2D eigenvalue weighted by Gasteiger charge is 2.27. The van der Waals surface area contributed by atoms with Crippen LogP contribution in [0.2, 0.25) is 0 Å². The Hall–Kier alpha value is -2.94. The molecule has 168 valence electrons. The summed E-state index contributed by atoms with van der Waals surface area (Å²) in [6, 6.07) is 8.01. The van der Waals surface area contributed by atoms with Crippen molar-refractivity contribution in [3.8, 4) is 10.6 Å². The second-order valence-electron chi connectivity index (χ2n) is 8.51. The second-order valence-corrected chi connectivity index (χ2v) is 9.46. The molecule has 0 aliphatic carbocycles. The van der Waals surface area contributed by atoms with Crippen LogP contribution in [0.5, 0.6) is 0 Å². The molecule has 5 heterocycles. The second kappa shape index (κ2) is 8.90. The van der Waals surface area contributed by atoms with Gasteiger partial charge in [0.25, 0.3) is 5.91 Å². The molecule has 0 aromatic carbocycles. The highest BCUT2D eigenvalue weighted by molar-refractivity contribution is 7.13. The number of aryl methyl sites for hydroxylation is 2. The largest absolute Gasteiger partial charge is 0.356 e. The first-order valence-electron chi connectivity index (χ1n) is 11.3. The van der Waals surface area contributed by atoms with Crippen LogP contribution in [0.25, 0.3) is 10.6 Å². The van der Waals surface area contributed by atoms with Crippen LogP contribution in [-0.4, -0.2) is 69.8 Å². The Morgan fingerprint density at radius 2 is 1.75 bits per heavy atom. The predicted octanol–water partition coefficient (Wildman–Crippen LogP) is 3.20. The molecule has 2 fully saturated rings. The third-order valence-electron chi connectivity index (χ3n) is 6.23. The lowest BCUT2D eigenvalue weighted by Crippen LogP contribution is -2.49. The van der Waals surface area contributed by atoms with E-state index in [0.29, 0.717) is 18.8 Å². The summed E-state index contributed by atoms with van der Waals surface area (Å²) in [5.41, 5.74) is 2.47. The van der Waals surface area contributed by atoms with E-state index in [9.17, 15) is 4.79 Å². The van der Waals surface area contributed by atoms with Crippen molar-refractivity contribution >= 4 is 29.0 Å². The van der Waals surface area contributed by atoms with E-state index in [1.54, 1.807) is 16.0 Å². The Balaban J connectivity index is 1.26. The number of amides is 1. The molecule has 0 radical (unpaired) electrons. The lowest BCUT2D eigenvalue weighted by atomic mass is 10.1. The summed E-state index contributed by atoms with van der Waals surface area (Å²) in [5, 5.41) is 6.56. The van der Waals surface area contributed by atoms with Crippen LogP contribution in [0.15, 0.2) is 29.6 Å². The highest BCUT2D eigenvalue weighted by atomic mass is 32.1. The van der Waals surface area contributed by atoms with Crippen LogP contribution in [0.1, 0.15) is 35.4 Å². The summed E-state index contributed by atoms with van der Waals surface area (Å²) < 4.78 is 1.69. The number of nitrogens with zero attached hydrogens (tertiary/aromatic N) is 7. The zero-order chi connectivity index (χ0) is 22.1. The standard InChI is InChI=1S/C23H29N7OS/c1-17-15-21(28-8-4-3-5-9-28)25-23(24-17)30-12-10-29(11-13-30)22(31)19-16-18(26-27(19)2)20-7-6-14-32-20/h6-7,14-16H,3-5,8-13H2,1-2H3. The van der Waals surface area contributed by atoms with E-state index in [2.05, 4.69) is 21.0 Å². The lowest BCUT2D eigenvalue weighted by Gasteiger charge is -2.35. The Morgan fingerprint density at radius 3 is 2.47 bits per heavy atom. The van der Waals surface area contributed by atoms with E-state index >= 15 is 0 Å². The van der Waals surface area contributed by atoms with Crippen molar-refractivity contribution in [2.75, 3.05) is 49.1 Å².